The van der Waals surface area contributed by atoms with Crippen LogP contribution in [-0.2, 0) is 6.42 Å². The van der Waals surface area contributed by atoms with Crippen LogP contribution in [0.25, 0.3) is 0 Å². The van der Waals surface area contributed by atoms with Crippen LogP contribution in [0.1, 0.15) is 21.8 Å². The average Bonchev–Trinajstić information content (AvgIpc) is 2.90. The van der Waals surface area contributed by atoms with Crippen LogP contribution >= 0.6 is 12.4 Å². The Morgan fingerprint density at radius 1 is 1.29 bits per heavy atom. The van der Waals surface area contributed by atoms with E-state index in [9.17, 15) is 4.79 Å². The number of aryl methyl sites for hydroxylation is 1. The zero-order valence-corrected chi connectivity index (χ0v) is 12.8. The Hall–Kier alpha value is -1.85. The molecule has 0 saturated heterocycles. The second-order valence-corrected chi connectivity index (χ2v) is 4.65. The SMILES string of the molecule is Cc1cc(C(=O)N(CCN)CCc2ccccc2)on1.Cl. The molecule has 0 atom stereocenters. The lowest BCUT2D eigenvalue weighted by atomic mass is 10.1. The molecule has 0 aliphatic carbocycles. The van der Waals surface area contributed by atoms with Gasteiger partial charge in [-0.25, -0.2) is 0 Å². The van der Waals surface area contributed by atoms with Gasteiger partial charge in [-0.2, -0.15) is 0 Å². The van der Waals surface area contributed by atoms with Gasteiger partial charge in [0, 0.05) is 25.7 Å². The van der Waals surface area contributed by atoms with Crippen molar-refractivity contribution in [3.63, 3.8) is 0 Å². The van der Waals surface area contributed by atoms with Crippen molar-refractivity contribution in [1.29, 1.82) is 0 Å². The van der Waals surface area contributed by atoms with Crippen LogP contribution in [0, 0.1) is 6.92 Å². The highest BCUT2D eigenvalue weighted by atomic mass is 35.5. The first-order chi connectivity index (χ1) is 9.70. The van der Waals surface area contributed by atoms with Crippen LogP contribution in [-0.4, -0.2) is 35.6 Å². The minimum absolute atomic E-state index is 0. The van der Waals surface area contributed by atoms with E-state index in [1.54, 1.807) is 17.9 Å². The van der Waals surface area contributed by atoms with Crippen molar-refractivity contribution in [2.24, 2.45) is 5.73 Å². The lowest BCUT2D eigenvalue weighted by molar-refractivity contribution is 0.0720. The number of aromatic nitrogens is 1. The maximum absolute atomic E-state index is 12.3. The molecule has 0 unspecified atom stereocenters. The quantitative estimate of drug-likeness (QED) is 0.886. The lowest BCUT2D eigenvalue weighted by Crippen LogP contribution is -2.36. The minimum Gasteiger partial charge on any atom is -0.351 e. The van der Waals surface area contributed by atoms with Crippen LogP contribution < -0.4 is 5.73 Å². The summed E-state index contributed by atoms with van der Waals surface area (Å²) in [5.41, 5.74) is 7.47. The van der Waals surface area contributed by atoms with Gasteiger partial charge in [-0.05, 0) is 18.9 Å². The monoisotopic (exact) mass is 309 g/mol. The van der Waals surface area contributed by atoms with Crippen molar-refractivity contribution in [3.8, 4) is 0 Å². The van der Waals surface area contributed by atoms with Gasteiger partial charge in [0.2, 0.25) is 5.76 Å². The number of carbonyl (C=O) groups is 1. The fourth-order valence-corrected chi connectivity index (χ4v) is 2.00. The molecule has 1 aromatic heterocycles. The van der Waals surface area contributed by atoms with E-state index in [1.807, 2.05) is 30.3 Å². The van der Waals surface area contributed by atoms with E-state index < -0.39 is 0 Å². The molecule has 0 saturated carbocycles. The van der Waals surface area contributed by atoms with Crippen molar-refractivity contribution in [2.75, 3.05) is 19.6 Å². The van der Waals surface area contributed by atoms with Gasteiger partial charge in [0.15, 0.2) is 0 Å². The summed E-state index contributed by atoms with van der Waals surface area (Å²) in [4.78, 5) is 14.0. The number of carbonyl (C=O) groups excluding carboxylic acids is 1. The van der Waals surface area contributed by atoms with Crippen molar-refractivity contribution < 1.29 is 9.32 Å². The average molecular weight is 310 g/mol. The zero-order valence-electron chi connectivity index (χ0n) is 12.0. The van der Waals surface area contributed by atoms with Gasteiger partial charge in [-0.3, -0.25) is 4.79 Å². The molecular weight excluding hydrogens is 290 g/mol. The van der Waals surface area contributed by atoms with Gasteiger partial charge in [0.05, 0.1) is 5.69 Å². The Kier molecular flexibility index (Phi) is 6.91. The van der Waals surface area contributed by atoms with E-state index in [1.165, 1.54) is 5.56 Å². The van der Waals surface area contributed by atoms with Crippen molar-refractivity contribution in [3.05, 3.63) is 53.4 Å². The topological polar surface area (TPSA) is 72.4 Å². The summed E-state index contributed by atoms with van der Waals surface area (Å²) in [6.45, 7) is 3.33. The van der Waals surface area contributed by atoms with Gasteiger partial charge in [-0.15, -0.1) is 12.4 Å². The summed E-state index contributed by atoms with van der Waals surface area (Å²) in [7, 11) is 0. The molecule has 0 bridgehead atoms. The number of hydrogen-bond donors (Lipinski definition) is 1. The molecule has 5 nitrogen and oxygen atoms in total. The normalized spacial score (nSPS) is 10.0. The molecule has 114 valence electrons. The second kappa shape index (κ2) is 8.44. The Morgan fingerprint density at radius 3 is 2.57 bits per heavy atom. The molecule has 0 aliphatic heterocycles. The van der Waals surface area contributed by atoms with Crippen molar-refractivity contribution in [2.45, 2.75) is 13.3 Å². The molecule has 0 fully saturated rings. The van der Waals surface area contributed by atoms with E-state index in [-0.39, 0.29) is 24.1 Å². The largest absolute Gasteiger partial charge is 0.351 e. The molecule has 2 N–H and O–H groups in total. The molecule has 0 radical (unpaired) electrons. The molecule has 6 heteroatoms. The number of benzene rings is 1. The molecule has 2 rings (SSSR count). The number of amides is 1. The summed E-state index contributed by atoms with van der Waals surface area (Å²) in [5, 5.41) is 3.74. The lowest BCUT2D eigenvalue weighted by Gasteiger charge is -2.20. The first-order valence-corrected chi connectivity index (χ1v) is 6.67. The molecule has 21 heavy (non-hydrogen) atoms. The summed E-state index contributed by atoms with van der Waals surface area (Å²) in [6.07, 6.45) is 0.791. The standard InChI is InChI=1S/C15H19N3O2.ClH/c1-12-11-14(20-17-12)15(19)18(10-8-16)9-7-13-5-3-2-4-6-13;/h2-6,11H,7-10,16H2,1H3;1H. The minimum atomic E-state index is -0.160. The smallest absolute Gasteiger partial charge is 0.292 e. The summed E-state index contributed by atoms with van der Waals surface area (Å²) < 4.78 is 5.02. The van der Waals surface area contributed by atoms with E-state index >= 15 is 0 Å². The molecule has 1 aromatic carbocycles. The number of rotatable bonds is 6. The number of halogens is 1. The van der Waals surface area contributed by atoms with E-state index in [0.717, 1.165) is 6.42 Å². The Labute approximate surface area is 130 Å². The number of nitrogens with zero attached hydrogens (tertiary/aromatic N) is 2. The maximum atomic E-state index is 12.3. The van der Waals surface area contributed by atoms with Crippen LogP contribution in [0.4, 0.5) is 0 Å². The Bertz CT molecular complexity index is 557. The van der Waals surface area contributed by atoms with E-state index in [0.29, 0.717) is 25.3 Å². The van der Waals surface area contributed by atoms with E-state index in [2.05, 4.69) is 5.16 Å². The van der Waals surface area contributed by atoms with E-state index in [4.69, 9.17) is 10.3 Å². The fraction of sp³-hybridized carbons (Fsp3) is 0.333. The Balaban J connectivity index is 0.00000220. The van der Waals surface area contributed by atoms with Gasteiger partial charge < -0.3 is 15.2 Å². The zero-order chi connectivity index (χ0) is 14.4. The molecule has 1 amide bonds. The second-order valence-electron chi connectivity index (χ2n) is 4.65. The number of nitrogens with two attached hydrogens (primary N) is 1. The predicted octanol–water partition coefficient (Wildman–Crippen LogP) is 2.05. The highest BCUT2D eigenvalue weighted by molar-refractivity contribution is 5.91. The Morgan fingerprint density at radius 2 is 2.00 bits per heavy atom. The van der Waals surface area contributed by atoms with Crippen LogP contribution in [0.2, 0.25) is 0 Å². The van der Waals surface area contributed by atoms with Crippen molar-refractivity contribution >= 4 is 18.3 Å². The summed E-state index contributed by atoms with van der Waals surface area (Å²) in [5.74, 6) is 0.107. The maximum Gasteiger partial charge on any atom is 0.292 e. The predicted molar refractivity (Wildman–Crippen MR) is 83.6 cm³/mol. The molecule has 0 spiro atoms. The van der Waals surface area contributed by atoms with Crippen LogP contribution in [0.3, 0.4) is 0 Å². The third-order valence-electron chi connectivity index (χ3n) is 3.04. The molecule has 0 aliphatic rings. The number of hydrogen-bond acceptors (Lipinski definition) is 4. The first-order valence-electron chi connectivity index (χ1n) is 6.67. The summed E-state index contributed by atoms with van der Waals surface area (Å²) >= 11 is 0. The molecular formula is C15H20ClN3O2. The van der Waals surface area contributed by atoms with Crippen molar-refractivity contribution in [1.82, 2.24) is 10.1 Å². The highest BCUT2D eigenvalue weighted by Gasteiger charge is 2.19. The highest BCUT2D eigenvalue weighted by Crippen LogP contribution is 2.08. The van der Waals surface area contributed by atoms with Crippen LogP contribution in [0.5, 0.6) is 0 Å². The van der Waals surface area contributed by atoms with Gasteiger partial charge >= 0.3 is 0 Å². The first kappa shape index (κ1) is 17.2. The van der Waals surface area contributed by atoms with Gasteiger partial charge in [0.25, 0.3) is 5.91 Å². The third kappa shape index (κ3) is 4.88. The molecule has 1 heterocycles. The van der Waals surface area contributed by atoms with Gasteiger partial charge in [-0.1, -0.05) is 35.5 Å². The third-order valence-corrected chi connectivity index (χ3v) is 3.04. The summed E-state index contributed by atoms with van der Waals surface area (Å²) in [6, 6.07) is 11.7. The van der Waals surface area contributed by atoms with Gasteiger partial charge in [0.1, 0.15) is 0 Å². The molecule has 2 aromatic rings. The van der Waals surface area contributed by atoms with Crippen LogP contribution in [0.15, 0.2) is 40.9 Å². The fourth-order valence-electron chi connectivity index (χ4n) is 2.00.